The van der Waals surface area contributed by atoms with Gasteiger partial charge in [-0.15, -0.1) is 0 Å². The summed E-state index contributed by atoms with van der Waals surface area (Å²) in [4.78, 5) is 15.1. The summed E-state index contributed by atoms with van der Waals surface area (Å²) in [6, 6.07) is 6.69. The molecule has 1 aromatic rings. The Hall–Kier alpha value is -1.42. The van der Waals surface area contributed by atoms with Gasteiger partial charge in [-0.1, -0.05) is 31.0 Å². The number of aliphatic hydroxyl groups is 1. The molecule has 0 bridgehead atoms. The lowest BCUT2D eigenvalue weighted by Gasteiger charge is -2.43. The van der Waals surface area contributed by atoms with E-state index in [1.165, 1.54) is 18.9 Å². The van der Waals surface area contributed by atoms with Crippen LogP contribution < -0.4 is 0 Å². The number of benzene rings is 1. The molecule has 0 radical (unpaired) electrons. The summed E-state index contributed by atoms with van der Waals surface area (Å²) >= 11 is 0. The number of piperidine rings is 1. The number of hydrogen-bond donors (Lipinski definition) is 1. The van der Waals surface area contributed by atoms with Crippen molar-refractivity contribution in [3.63, 3.8) is 0 Å². The highest BCUT2D eigenvalue weighted by Gasteiger charge is 2.55. The quantitative estimate of drug-likeness (QED) is 0.900. The maximum atomic E-state index is 14.2. The number of nitrogens with zero attached hydrogens (tertiary/aromatic N) is 1. The molecule has 0 spiro atoms. The van der Waals surface area contributed by atoms with E-state index in [0.29, 0.717) is 12.1 Å². The Bertz CT molecular complexity index is 638. The van der Waals surface area contributed by atoms with Gasteiger partial charge in [-0.3, -0.25) is 4.79 Å². The van der Waals surface area contributed by atoms with E-state index in [2.05, 4.69) is 0 Å². The summed E-state index contributed by atoms with van der Waals surface area (Å²) in [5, 5.41) is 10.00. The minimum Gasteiger partial charge on any atom is -0.396 e. The van der Waals surface area contributed by atoms with Crippen LogP contribution in [0.4, 0.5) is 4.39 Å². The molecule has 2 aliphatic carbocycles. The second-order valence-corrected chi connectivity index (χ2v) is 8.20. The van der Waals surface area contributed by atoms with Gasteiger partial charge >= 0.3 is 0 Å². The minimum atomic E-state index is -0.649. The Kier molecular flexibility index (Phi) is 3.91. The van der Waals surface area contributed by atoms with Crippen LogP contribution >= 0.6 is 0 Å². The van der Waals surface area contributed by atoms with E-state index in [9.17, 15) is 14.3 Å². The molecule has 1 aliphatic heterocycles. The van der Waals surface area contributed by atoms with Crippen LogP contribution in [0, 0.1) is 17.2 Å². The van der Waals surface area contributed by atoms with Gasteiger partial charge in [-0.05, 0) is 44.1 Å². The Labute approximate surface area is 142 Å². The van der Waals surface area contributed by atoms with E-state index >= 15 is 0 Å². The van der Waals surface area contributed by atoms with E-state index in [1.807, 2.05) is 11.0 Å². The number of likely N-dealkylation sites (tertiary alicyclic amines) is 1. The third kappa shape index (κ3) is 2.75. The molecule has 130 valence electrons. The molecule has 4 rings (SSSR count). The summed E-state index contributed by atoms with van der Waals surface area (Å²) in [6.07, 6.45) is 6.95. The van der Waals surface area contributed by atoms with Crippen LogP contribution in [-0.2, 0) is 10.2 Å². The van der Waals surface area contributed by atoms with Gasteiger partial charge < -0.3 is 10.0 Å². The highest BCUT2D eigenvalue weighted by atomic mass is 19.1. The van der Waals surface area contributed by atoms with Crippen molar-refractivity contribution < 1.29 is 14.3 Å². The highest BCUT2D eigenvalue weighted by molar-refractivity contribution is 5.91. The topological polar surface area (TPSA) is 40.5 Å². The molecule has 2 saturated carbocycles. The Morgan fingerprint density at radius 3 is 2.62 bits per heavy atom. The lowest BCUT2D eigenvalue weighted by molar-refractivity contribution is -0.138. The summed E-state index contributed by atoms with van der Waals surface area (Å²) in [5.41, 5.74) is -0.235. The first-order valence-corrected chi connectivity index (χ1v) is 9.24. The van der Waals surface area contributed by atoms with Crippen LogP contribution in [0.2, 0.25) is 0 Å². The van der Waals surface area contributed by atoms with Gasteiger partial charge in [0.1, 0.15) is 5.82 Å². The molecule has 4 heteroatoms. The zero-order valence-corrected chi connectivity index (χ0v) is 14.1. The van der Waals surface area contributed by atoms with E-state index < -0.39 is 5.41 Å². The lowest BCUT2D eigenvalue weighted by Crippen LogP contribution is -2.51. The van der Waals surface area contributed by atoms with Gasteiger partial charge in [0.05, 0.1) is 12.0 Å². The van der Waals surface area contributed by atoms with Crippen molar-refractivity contribution in [2.24, 2.45) is 11.3 Å². The smallest absolute Gasteiger partial charge is 0.233 e. The zero-order valence-electron chi connectivity index (χ0n) is 14.1. The van der Waals surface area contributed by atoms with Crippen molar-refractivity contribution in [2.45, 2.75) is 50.4 Å². The number of halogens is 1. The summed E-state index contributed by atoms with van der Waals surface area (Å²) in [6.45, 7) is 1.52. The first-order chi connectivity index (χ1) is 11.6. The van der Waals surface area contributed by atoms with Crippen LogP contribution in [0.15, 0.2) is 24.3 Å². The van der Waals surface area contributed by atoms with Crippen LogP contribution in [0.25, 0.3) is 0 Å². The van der Waals surface area contributed by atoms with E-state index in [1.54, 1.807) is 12.1 Å². The molecular weight excluding hydrogens is 305 g/mol. The average molecular weight is 331 g/mol. The van der Waals surface area contributed by atoms with Crippen molar-refractivity contribution in [3.05, 3.63) is 35.6 Å². The first-order valence-electron chi connectivity index (χ1n) is 9.24. The van der Waals surface area contributed by atoms with E-state index in [0.717, 1.165) is 44.6 Å². The number of amides is 1. The van der Waals surface area contributed by atoms with Gasteiger partial charge in [0.2, 0.25) is 5.91 Å². The molecule has 1 aromatic carbocycles. The predicted molar refractivity (Wildman–Crippen MR) is 90.0 cm³/mol. The number of aliphatic hydroxyl groups excluding tert-OH is 1. The Morgan fingerprint density at radius 2 is 2.00 bits per heavy atom. The summed E-state index contributed by atoms with van der Waals surface area (Å²) in [7, 11) is 0. The Balaban J connectivity index is 1.54. The van der Waals surface area contributed by atoms with Gasteiger partial charge in [0.15, 0.2) is 0 Å². The molecular formula is C20H26FNO2. The van der Waals surface area contributed by atoms with Crippen LogP contribution in [0.3, 0.4) is 0 Å². The first kappa shape index (κ1) is 16.1. The third-order valence-electron chi connectivity index (χ3n) is 6.25. The second-order valence-electron chi connectivity index (χ2n) is 8.20. The molecule has 1 atom stereocenters. The number of rotatable bonds is 5. The van der Waals surface area contributed by atoms with Crippen LogP contribution in [-0.4, -0.2) is 35.6 Å². The van der Waals surface area contributed by atoms with E-state index in [4.69, 9.17) is 0 Å². The summed E-state index contributed by atoms with van der Waals surface area (Å²) in [5.74, 6) is 0.529. The molecule has 3 nitrogen and oxygen atoms in total. The standard InChI is InChI=1S/C20H26FNO2/c21-17-5-2-1-4-16(17)20(9-10-20)18(24)22-11-3-8-19(13-22,14-23)12-15-6-7-15/h1-2,4-5,15,23H,3,6-14H2. The van der Waals surface area contributed by atoms with Gasteiger partial charge in [-0.25, -0.2) is 4.39 Å². The monoisotopic (exact) mass is 331 g/mol. The molecule has 24 heavy (non-hydrogen) atoms. The third-order valence-corrected chi connectivity index (χ3v) is 6.25. The van der Waals surface area contributed by atoms with Crippen LogP contribution in [0.5, 0.6) is 0 Å². The Morgan fingerprint density at radius 1 is 1.25 bits per heavy atom. The van der Waals surface area contributed by atoms with Crippen molar-refractivity contribution in [1.29, 1.82) is 0 Å². The predicted octanol–water partition coefficient (Wildman–Crippen LogP) is 3.26. The van der Waals surface area contributed by atoms with Gasteiger partial charge in [0.25, 0.3) is 0 Å². The highest BCUT2D eigenvalue weighted by Crippen LogP contribution is 2.52. The summed E-state index contributed by atoms with van der Waals surface area (Å²) < 4.78 is 14.2. The zero-order chi connectivity index (χ0) is 16.8. The minimum absolute atomic E-state index is 0.0703. The van der Waals surface area contributed by atoms with Gasteiger partial charge in [-0.2, -0.15) is 0 Å². The normalized spacial score (nSPS) is 28.7. The van der Waals surface area contributed by atoms with Gasteiger partial charge in [0, 0.05) is 24.1 Å². The maximum absolute atomic E-state index is 14.2. The number of carbonyl (C=O) groups is 1. The molecule has 1 unspecified atom stereocenters. The fourth-order valence-electron chi connectivity index (χ4n) is 4.55. The van der Waals surface area contributed by atoms with E-state index in [-0.39, 0.29) is 23.7 Å². The number of hydrogen-bond acceptors (Lipinski definition) is 2. The molecule has 0 aromatic heterocycles. The average Bonchev–Trinajstić information content (AvgIpc) is 3.50. The maximum Gasteiger partial charge on any atom is 0.233 e. The number of carbonyl (C=O) groups excluding carboxylic acids is 1. The molecule has 3 fully saturated rings. The molecule has 1 heterocycles. The van der Waals surface area contributed by atoms with Crippen LogP contribution in [0.1, 0.15) is 50.5 Å². The second kappa shape index (κ2) is 5.83. The van der Waals surface area contributed by atoms with Crippen molar-refractivity contribution in [3.8, 4) is 0 Å². The fourth-order valence-corrected chi connectivity index (χ4v) is 4.55. The molecule has 1 N–H and O–H groups in total. The van der Waals surface area contributed by atoms with Crippen molar-refractivity contribution in [2.75, 3.05) is 19.7 Å². The largest absolute Gasteiger partial charge is 0.396 e. The molecule has 1 amide bonds. The van der Waals surface area contributed by atoms with Crippen molar-refractivity contribution >= 4 is 5.91 Å². The fraction of sp³-hybridized carbons (Fsp3) is 0.650. The molecule has 1 saturated heterocycles. The van der Waals surface area contributed by atoms with Crippen molar-refractivity contribution in [1.82, 2.24) is 4.90 Å². The molecule has 3 aliphatic rings. The lowest BCUT2D eigenvalue weighted by atomic mass is 9.76. The SMILES string of the molecule is O=C(N1CCCC(CO)(CC2CC2)C1)C1(c2ccccc2F)CC1.